The predicted octanol–water partition coefficient (Wildman–Crippen LogP) is 2.44. The van der Waals surface area contributed by atoms with Crippen LogP contribution < -0.4 is 15.4 Å². The second-order valence-corrected chi connectivity index (χ2v) is 7.15. The van der Waals surface area contributed by atoms with Crippen molar-refractivity contribution in [2.24, 2.45) is 4.99 Å². The highest BCUT2D eigenvalue weighted by atomic mass is 127. The molecule has 1 saturated heterocycles. The third-order valence-electron chi connectivity index (χ3n) is 5.30. The molecule has 0 aliphatic carbocycles. The highest BCUT2D eigenvalue weighted by molar-refractivity contribution is 14.0. The highest BCUT2D eigenvalue weighted by Gasteiger charge is 2.34. The lowest BCUT2D eigenvalue weighted by atomic mass is 9.88. The molecular formula is C20H35IN4O2. The Morgan fingerprint density at radius 2 is 1.96 bits per heavy atom. The number of aliphatic imine (C=N–C) groups is 1. The van der Waals surface area contributed by atoms with Crippen LogP contribution in [0.5, 0.6) is 5.75 Å². The molecule has 154 valence electrons. The van der Waals surface area contributed by atoms with Crippen LogP contribution in [-0.4, -0.2) is 71.0 Å². The second-order valence-electron chi connectivity index (χ2n) is 7.15. The summed E-state index contributed by atoms with van der Waals surface area (Å²) in [5.41, 5.74) is 2.58. The molecule has 1 aliphatic rings. The Hall–Kier alpha value is -1.06. The number of nitrogens with zero attached hydrogens (tertiary/aromatic N) is 2. The number of likely N-dealkylation sites (N-methyl/N-ethyl adjacent to an activating group) is 1. The van der Waals surface area contributed by atoms with E-state index in [4.69, 9.17) is 9.47 Å². The van der Waals surface area contributed by atoms with Crippen LogP contribution in [0, 0.1) is 6.92 Å². The quantitative estimate of drug-likeness (QED) is 0.350. The maximum absolute atomic E-state index is 5.54. The molecule has 1 heterocycles. The largest absolute Gasteiger partial charge is 0.496 e. The van der Waals surface area contributed by atoms with Gasteiger partial charge in [-0.3, -0.25) is 4.99 Å². The molecule has 2 N–H and O–H groups in total. The molecule has 0 radical (unpaired) electrons. The SMILES string of the molecule is CN=C(NCCc1cc(C)ccc1OC)NCC1(N(C)C)CCOCC1.I. The zero-order valence-corrected chi connectivity index (χ0v) is 19.6. The van der Waals surface area contributed by atoms with Gasteiger partial charge < -0.3 is 25.0 Å². The molecule has 1 aromatic rings. The topological polar surface area (TPSA) is 58.1 Å². The van der Waals surface area contributed by atoms with Crippen molar-refractivity contribution in [2.45, 2.75) is 31.7 Å². The average molecular weight is 490 g/mol. The zero-order chi connectivity index (χ0) is 19.0. The molecule has 1 fully saturated rings. The van der Waals surface area contributed by atoms with Crippen molar-refractivity contribution in [2.75, 3.05) is 54.6 Å². The maximum atomic E-state index is 5.54. The van der Waals surface area contributed by atoms with Gasteiger partial charge in [-0.2, -0.15) is 0 Å². The molecule has 1 aromatic carbocycles. The molecule has 2 rings (SSSR count). The monoisotopic (exact) mass is 490 g/mol. The fourth-order valence-corrected chi connectivity index (χ4v) is 3.42. The molecule has 7 heteroatoms. The third kappa shape index (κ3) is 6.80. The van der Waals surface area contributed by atoms with Gasteiger partial charge in [-0.15, -0.1) is 24.0 Å². The third-order valence-corrected chi connectivity index (χ3v) is 5.30. The van der Waals surface area contributed by atoms with Gasteiger partial charge >= 0.3 is 0 Å². The molecule has 27 heavy (non-hydrogen) atoms. The van der Waals surface area contributed by atoms with Gasteiger partial charge in [-0.1, -0.05) is 17.7 Å². The smallest absolute Gasteiger partial charge is 0.191 e. The summed E-state index contributed by atoms with van der Waals surface area (Å²) in [6.45, 7) is 5.40. The zero-order valence-electron chi connectivity index (χ0n) is 17.3. The van der Waals surface area contributed by atoms with Crippen molar-refractivity contribution >= 4 is 29.9 Å². The number of guanidine groups is 1. The van der Waals surface area contributed by atoms with Crippen LogP contribution in [0.4, 0.5) is 0 Å². The van der Waals surface area contributed by atoms with E-state index in [1.165, 1.54) is 11.1 Å². The molecular weight excluding hydrogens is 455 g/mol. The highest BCUT2D eigenvalue weighted by Crippen LogP contribution is 2.25. The van der Waals surface area contributed by atoms with Gasteiger partial charge in [0, 0.05) is 38.9 Å². The standard InChI is InChI=1S/C20H34N4O2.HI/c1-16-6-7-18(25-5)17(14-16)8-11-22-19(21-2)23-15-20(24(3)4)9-12-26-13-10-20;/h6-7,14H,8-13,15H2,1-5H3,(H2,21,22,23);1H. The van der Waals surface area contributed by atoms with E-state index in [0.717, 1.165) is 57.3 Å². The Morgan fingerprint density at radius 3 is 2.56 bits per heavy atom. The Labute approximate surface area is 181 Å². The van der Waals surface area contributed by atoms with Crippen molar-refractivity contribution < 1.29 is 9.47 Å². The van der Waals surface area contributed by atoms with Gasteiger partial charge in [-0.25, -0.2) is 0 Å². The number of hydrogen-bond acceptors (Lipinski definition) is 4. The van der Waals surface area contributed by atoms with Crippen molar-refractivity contribution in [3.8, 4) is 5.75 Å². The number of benzene rings is 1. The fraction of sp³-hybridized carbons (Fsp3) is 0.650. The molecule has 0 spiro atoms. The summed E-state index contributed by atoms with van der Waals surface area (Å²) < 4.78 is 11.0. The fourth-order valence-electron chi connectivity index (χ4n) is 3.42. The molecule has 0 atom stereocenters. The first-order valence-electron chi connectivity index (χ1n) is 9.34. The Morgan fingerprint density at radius 1 is 1.26 bits per heavy atom. The van der Waals surface area contributed by atoms with Crippen LogP contribution in [0.15, 0.2) is 23.2 Å². The molecule has 0 saturated carbocycles. The van der Waals surface area contributed by atoms with E-state index in [-0.39, 0.29) is 29.5 Å². The number of hydrogen-bond donors (Lipinski definition) is 2. The molecule has 0 unspecified atom stereocenters. The number of aryl methyl sites for hydroxylation is 1. The van der Waals surface area contributed by atoms with E-state index < -0.39 is 0 Å². The number of halogens is 1. The average Bonchev–Trinajstić information content (AvgIpc) is 2.65. The van der Waals surface area contributed by atoms with Crippen molar-refractivity contribution in [1.82, 2.24) is 15.5 Å². The minimum absolute atomic E-state index is 0. The number of methoxy groups -OCH3 is 1. The summed E-state index contributed by atoms with van der Waals surface area (Å²) in [4.78, 5) is 6.68. The molecule has 6 nitrogen and oxygen atoms in total. The summed E-state index contributed by atoms with van der Waals surface area (Å²) in [5, 5.41) is 6.92. The predicted molar refractivity (Wildman–Crippen MR) is 123 cm³/mol. The lowest BCUT2D eigenvalue weighted by Crippen LogP contribution is -2.57. The van der Waals surface area contributed by atoms with Crippen LogP contribution in [0.1, 0.15) is 24.0 Å². The van der Waals surface area contributed by atoms with Crippen LogP contribution in [-0.2, 0) is 11.2 Å². The number of rotatable bonds is 7. The minimum atomic E-state index is 0. The van der Waals surface area contributed by atoms with E-state index in [1.807, 2.05) is 13.1 Å². The van der Waals surface area contributed by atoms with Crippen LogP contribution in [0.25, 0.3) is 0 Å². The van der Waals surface area contributed by atoms with Crippen LogP contribution in [0.2, 0.25) is 0 Å². The van der Waals surface area contributed by atoms with Gasteiger partial charge in [0.25, 0.3) is 0 Å². The maximum Gasteiger partial charge on any atom is 0.191 e. The first-order valence-corrected chi connectivity index (χ1v) is 9.34. The van der Waals surface area contributed by atoms with Gasteiger partial charge in [-0.05, 0) is 51.9 Å². The van der Waals surface area contributed by atoms with Crippen molar-refractivity contribution in [3.05, 3.63) is 29.3 Å². The number of nitrogens with one attached hydrogen (secondary N) is 2. The molecule has 0 aromatic heterocycles. The van der Waals surface area contributed by atoms with E-state index in [1.54, 1.807) is 7.11 Å². The van der Waals surface area contributed by atoms with E-state index in [9.17, 15) is 0 Å². The summed E-state index contributed by atoms with van der Waals surface area (Å²) >= 11 is 0. The Bertz CT molecular complexity index is 602. The van der Waals surface area contributed by atoms with Crippen LogP contribution in [0.3, 0.4) is 0 Å². The van der Waals surface area contributed by atoms with Gasteiger partial charge in [0.15, 0.2) is 5.96 Å². The summed E-state index contributed by atoms with van der Waals surface area (Å²) in [7, 11) is 7.83. The van der Waals surface area contributed by atoms with E-state index >= 15 is 0 Å². The summed E-state index contributed by atoms with van der Waals surface area (Å²) in [6, 6.07) is 6.29. The normalized spacial score (nSPS) is 16.6. The first kappa shape index (κ1) is 24.0. The minimum Gasteiger partial charge on any atom is -0.496 e. The number of ether oxygens (including phenoxy) is 2. The van der Waals surface area contributed by atoms with Crippen molar-refractivity contribution in [3.63, 3.8) is 0 Å². The van der Waals surface area contributed by atoms with Gasteiger partial charge in [0.1, 0.15) is 5.75 Å². The Balaban J connectivity index is 0.00000364. The van der Waals surface area contributed by atoms with E-state index in [0.29, 0.717) is 0 Å². The van der Waals surface area contributed by atoms with Crippen molar-refractivity contribution in [1.29, 1.82) is 0 Å². The molecule has 0 amide bonds. The lowest BCUT2D eigenvalue weighted by molar-refractivity contribution is -0.00500. The van der Waals surface area contributed by atoms with Crippen LogP contribution >= 0.6 is 24.0 Å². The van der Waals surface area contributed by atoms with Gasteiger partial charge in [0.2, 0.25) is 0 Å². The summed E-state index contributed by atoms with van der Waals surface area (Å²) in [5.74, 6) is 1.78. The van der Waals surface area contributed by atoms with Gasteiger partial charge in [0.05, 0.1) is 7.11 Å². The van der Waals surface area contributed by atoms with E-state index in [2.05, 4.69) is 53.7 Å². The molecule has 0 bridgehead atoms. The lowest BCUT2D eigenvalue weighted by Gasteiger charge is -2.43. The molecule has 1 aliphatic heterocycles. The Kier molecular flexibility index (Phi) is 10.4. The second kappa shape index (κ2) is 11.7. The summed E-state index contributed by atoms with van der Waals surface area (Å²) in [6.07, 6.45) is 2.95. The first-order chi connectivity index (χ1) is 12.5.